The van der Waals surface area contributed by atoms with Crippen LogP contribution in [-0.4, -0.2) is 26.9 Å². The Morgan fingerprint density at radius 2 is 1.85 bits per heavy atom. The lowest BCUT2D eigenvalue weighted by Crippen LogP contribution is -2.26. The van der Waals surface area contributed by atoms with Crippen LogP contribution in [0.2, 0.25) is 0 Å². The molecule has 0 amide bonds. The molecule has 0 saturated heterocycles. The van der Waals surface area contributed by atoms with Gasteiger partial charge in [-0.2, -0.15) is 0 Å². The zero-order chi connectivity index (χ0) is 15.1. The molecule has 0 aliphatic heterocycles. The molecule has 1 rings (SSSR count). The van der Waals surface area contributed by atoms with Crippen LogP contribution >= 0.6 is 0 Å². The third-order valence-corrected chi connectivity index (χ3v) is 3.77. The van der Waals surface area contributed by atoms with Crippen molar-refractivity contribution in [3.05, 3.63) is 28.8 Å². The molecule has 3 heteroatoms. The Balaban J connectivity index is 3.02. The summed E-state index contributed by atoms with van der Waals surface area (Å²) in [5.74, 6) is 0.959. The Bertz CT molecular complexity index is 418. The molecule has 2 unspecified atom stereocenters. The highest BCUT2D eigenvalue weighted by Gasteiger charge is 2.18. The van der Waals surface area contributed by atoms with Gasteiger partial charge >= 0.3 is 0 Å². The van der Waals surface area contributed by atoms with Gasteiger partial charge in [0.25, 0.3) is 0 Å². The van der Waals surface area contributed by atoms with Crippen molar-refractivity contribution in [3.63, 3.8) is 0 Å². The summed E-state index contributed by atoms with van der Waals surface area (Å²) in [4.78, 5) is 0. The van der Waals surface area contributed by atoms with Crippen LogP contribution in [0.25, 0.3) is 0 Å². The molecule has 0 bridgehead atoms. The highest BCUT2D eigenvalue weighted by molar-refractivity contribution is 5.42. The third-order valence-electron chi connectivity index (χ3n) is 3.77. The predicted octanol–water partition coefficient (Wildman–Crippen LogP) is 3.78. The van der Waals surface area contributed by atoms with Gasteiger partial charge in [-0.25, -0.2) is 0 Å². The fourth-order valence-corrected chi connectivity index (χ4v) is 2.47. The first kappa shape index (κ1) is 17.0. The van der Waals surface area contributed by atoms with Gasteiger partial charge in [-0.15, -0.1) is 0 Å². The number of nitrogens with one attached hydrogen (secondary N) is 1. The lowest BCUT2D eigenvalue weighted by atomic mass is 9.94. The number of benzene rings is 1. The molecule has 20 heavy (non-hydrogen) atoms. The molecule has 1 aromatic rings. The Morgan fingerprint density at radius 3 is 2.40 bits per heavy atom. The monoisotopic (exact) mass is 279 g/mol. The molecule has 0 heterocycles. The second kappa shape index (κ2) is 8.28. The molecule has 2 atom stereocenters. The van der Waals surface area contributed by atoms with Gasteiger partial charge < -0.3 is 14.8 Å². The molecular formula is C17H29NO2. The summed E-state index contributed by atoms with van der Waals surface area (Å²) >= 11 is 0. The quantitative estimate of drug-likeness (QED) is 0.785. The van der Waals surface area contributed by atoms with Crippen molar-refractivity contribution in [2.24, 2.45) is 0 Å². The molecule has 0 fully saturated rings. The van der Waals surface area contributed by atoms with Crippen molar-refractivity contribution in [2.75, 3.05) is 20.8 Å². The average Bonchev–Trinajstić information content (AvgIpc) is 2.45. The van der Waals surface area contributed by atoms with Crippen molar-refractivity contribution in [1.29, 1.82) is 0 Å². The average molecular weight is 279 g/mol. The van der Waals surface area contributed by atoms with E-state index in [0.717, 1.165) is 25.1 Å². The number of hydrogen-bond donors (Lipinski definition) is 1. The smallest absolute Gasteiger partial charge is 0.122 e. The Morgan fingerprint density at radius 1 is 1.15 bits per heavy atom. The minimum Gasteiger partial charge on any atom is -0.496 e. The van der Waals surface area contributed by atoms with Crippen LogP contribution in [0.15, 0.2) is 12.1 Å². The summed E-state index contributed by atoms with van der Waals surface area (Å²) in [5.41, 5.74) is 3.80. The second-order valence-electron chi connectivity index (χ2n) is 5.47. The summed E-state index contributed by atoms with van der Waals surface area (Å²) < 4.78 is 10.8. The van der Waals surface area contributed by atoms with E-state index >= 15 is 0 Å². The van der Waals surface area contributed by atoms with Crippen LogP contribution in [0.1, 0.15) is 49.4 Å². The van der Waals surface area contributed by atoms with E-state index in [0.29, 0.717) is 6.04 Å². The maximum absolute atomic E-state index is 5.43. The molecule has 0 aromatic heterocycles. The topological polar surface area (TPSA) is 30.5 Å². The molecule has 1 aromatic carbocycles. The molecule has 0 radical (unpaired) electrons. The first-order valence-electron chi connectivity index (χ1n) is 7.44. The van der Waals surface area contributed by atoms with E-state index < -0.39 is 0 Å². The molecular weight excluding hydrogens is 250 g/mol. The minimum atomic E-state index is 0.242. The van der Waals surface area contributed by atoms with Gasteiger partial charge in [-0.05, 0) is 62.9 Å². The van der Waals surface area contributed by atoms with Crippen molar-refractivity contribution >= 4 is 0 Å². The molecule has 0 aliphatic rings. The highest BCUT2D eigenvalue weighted by atomic mass is 16.5. The molecule has 3 nitrogen and oxygen atoms in total. The maximum Gasteiger partial charge on any atom is 0.122 e. The third kappa shape index (κ3) is 4.50. The number of hydrogen-bond acceptors (Lipinski definition) is 3. The number of rotatable bonds is 8. The first-order chi connectivity index (χ1) is 9.53. The summed E-state index contributed by atoms with van der Waals surface area (Å²) in [5, 5.41) is 3.64. The summed E-state index contributed by atoms with van der Waals surface area (Å²) in [7, 11) is 3.49. The van der Waals surface area contributed by atoms with E-state index in [2.05, 4.69) is 45.1 Å². The molecule has 0 aliphatic carbocycles. The van der Waals surface area contributed by atoms with Gasteiger partial charge in [0, 0.05) is 13.2 Å². The van der Waals surface area contributed by atoms with Crippen molar-refractivity contribution < 1.29 is 9.47 Å². The summed E-state index contributed by atoms with van der Waals surface area (Å²) in [6.45, 7) is 9.57. The van der Waals surface area contributed by atoms with E-state index in [-0.39, 0.29) is 6.10 Å². The molecule has 1 N–H and O–H groups in total. The standard InChI is InChI=1S/C17H29NO2/c1-7-8-18-16(11-14(4)19-5)15-9-13(3)17(20-6)10-12(15)2/h9-10,14,16,18H,7-8,11H2,1-6H3. The number of aryl methyl sites for hydroxylation is 2. The van der Waals surface area contributed by atoms with Crippen LogP contribution in [0, 0.1) is 13.8 Å². The van der Waals surface area contributed by atoms with Crippen LogP contribution < -0.4 is 10.1 Å². The zero-order valence-electron chi connectivity index (χ0n) is 13.7. The van der Waals surface area contributed by atoms with Gasteiger partial charge in [0.1, 0.15) is 5.75 Å². The van der Waals surface area contributed by atoms with E-state index in [9.17, 15) is 0 Å². The van der Waals surface area contributed by atoms with Gasteiger partial charge in [-0.3, -0.25) is 0 Å². The molecule has 0 spiro atoms. The SMILES string of the molecule is CCCNC(CC(C)OC)c1cc(C)c(OC)cc1C. The van der Waals surface area contributed by atoms with Crippen molar-refractivity contribution in [1.82, 2.24) is 5.32 Å². The predicted molar refractivity (Wildman–Crippen MR) is 84.6 cm³/mol. The van der Waals surface area contributed by atoms with Crippen LogP contribution in [0.3, 0.4) is 0 Å². The summed E-state index contributed by atoms with van der Waals surface area (Å²) in [6.07, 6.45) is 2.35. The first-order valence-corrected chi connectivity index (χ1v) is 7.44. The van der Waals surface area contributed by atoms with E-state index in [1.807, 2.05) is 0 Å². The minimum absolute atomic E-state index is 0.242. The van der Waals surface area contributed by atoms with Crippen molar-refractivity contribution in [3.8, 4) is 5.75 Å². The van der Waals surface area contributed by atoms with Gasteiger partial charge in [-0.1, -0.05) is 13.0 Å². The summed E-state index contributed by atoms with van der Waals surface area (Å²) in [6, 6.07) is 4.70. The van der Waals surface area contributed by atoms with Crippen LogP contribution in [0.5, 0.6) is 5.75 Å². The Hall–Kier alpha value is -1.06. The fourth-order valence-electron chi connectivity index (χ4n) is 2.47. The lowest BCUT2D eigenvalue weighted by Gasteiger charge is -2.24. The van der Waals surface area contributed by atoms with Crippen LogP contribution in [0.4, 0.5) is 0 Å². The highest BCUT2D eigenvalue weighted by Crippen LogP contribution is 2.29. The van der Waals surface area contributed by atoms with Gasteiger partial charge in [0.15, 0.2) is 0 Å². The Kier molecular flexibility index (Phi) is 7.03. The molecule has 0 saturated carbocycles. The van der Waals surface area contributed by atoms with Gasteiger partial charge in [0.2, 0.25) is 0 Å². The van der Waals surface area contributed by atoms with Crippen LogP contribution in [-0.2, 0) is 4.74 Å². The second-order valence-corrected chi connectivity index (χ2v) is 5.47. The largest absolute Gasteiger partial charge is 0.496 e. The maximum atomic E-state index is 5.43. The number of methoxy groups -OCH3 is 2. The molecule has 114 valence electrons. The Labute approximate surface area is 123 Å². The van der Waals surface area contributed by atoms with E-state index in [1.165, 1.54) is 16.7 Å². The van der Waals surface area contributed by atoms with E-state index in [4.69, 9.17) is 9.47 Å². The van der Waals surface area contributed by atoms with E-state index in [1.54, 1.807) is 14.2 Å². The number of ether oxygens (including phenoxy) is 2. The van der Waals surface area contributed by atoms with Gasteiger partial charge in [0.05, 0.1) is 13.2 Å². The zero-order valence-corrected chi connectivity index (χ0v) is 13.7. The lowest BCUT2D eigenvalue weighted by molar-refractivity contribution is 0.100. The van der Waals surface area contributed by atoms with Crippen molar-refractivity contribution in [2.45, 2.75) is 52.7 Å². The normalized spacial score (nSPS) is 14.1. The fraction of sp³-hybridized carbons (Fsp3) is 0.647.